The van der Waals surface area contributed by atoms with Gasteiger partial charge in [-0.1, -0.05) is 19.0 Å². The van der Waals surface area contributed by atoms with Gasteiger partial charge in [0.05, 0.1) is 5.71 Å². The van der Waals surface area contributed by atoms with Crippen LogP contribution in [0.1, 0.15) is 65.2 Å². The first-order valence-electron chi connectivity index (χ1n) is 11.0. The molecule has 0 bridgehead atoms. The molecule has 5 heteroatoms. The Kier molecular flexibility index (Phi) is 5.13. The van der Waals surface area contributed by atoms with Crippen LogP contribution in [-0.4, -0.2) is 36.4 Å². The van der Waals surface area contributed by atoms with E-state index in [1.807, 2.05) is 0 Å². The number of hydrogen-bond donors (Lipinski definition) is 2. The lowest BCUT2D eigenvalue weighted by Crippen LogP contribution is -2.56. The Hall–Kier alpha value is -0.940. The van der Waals surface area contributed by atoms with Gasteiger partial charge < -0.3 is 15.7 Å². The zero-order chi connectivity index (χ0) is 19.2. The Labute approximate surface area is 163 Å². The number of rotatable bonds is 4. The minimum atomic E-state index is -0.0955. The number of aliphatic hydroxyl groups is 1. The average Bonchev–Trinajstić information content (AvgIpc) is 2.96. The van der Waals surface area contributed by atoms with Crippen LogP contribution in [0.3, 0.4) is 0 Å². The quantitative estimate of drug-likeness (QED) is 0.583. The molecular formula is C22H36N2O3. The Morgan fingerprint density at radius 3 is 2.74 bits per heavy atom. The second-order valence-corrected chi connectivity index (χ2v) is 10.1. The molecule has 0 aliphatic heterocycles. The predicted octanol–water partition coefficient (Wildman–Crippen LogP) is 3.15. The van der Waals surface area contributed by atoms with Gasteiger partial charge >= 0.3 is 0 Å². The van der Waals surface area contributed by atoms with Gasteiger partial charge in [0.2, 0.25) is 0 Å². The maximum atomic E-state index is 12.6. The van der Waals surface area contributed by atoms with Crippen LogP contribution in [0.2, 0.25) is 0 Å². The molecule has 0 aromatic heterocycles. The first-order valence-corrected chi connectivity index (χ1v) is 11.0. The van der Waals surface area contributed by atoms with Crippen molar-refractivity contribution in [1.29, 1.82) is 0 Å². The molecule has 0 aromatic carbocycles. The first kappa shape index (κ1) is 19.4. The number of carbonyl (C=O) groups is 1. The van der Waals surface area contributed by atoms with Gasteiger partial charge in [0.25, 0.3) is 0 Å². The topological polar surface area (TPSA) is 84.9 Å². The number of nitrogens with zero attached hydrogens (tertiary/aromatic N) is 1. The molecule has 1 unspecified atom stereocenters. The van der Waals surface area contributed by atoms with E-state index in [2.05, 4.69) is 19.0 Å². The van der Waals surface area contributed by atoms with Gasteiger partial charge in [0.1, 0.15) is 12.4 Å². The zero-order valence-electron chi connectivity index (χ0n) is 17.0. The fourth-order valence-electron chi connectivity index (χ4n) is 7.55. The molecule has 0 aromatic rings. The van der Waals surface area contributed by atoms with Crippen molar-refractivity contribution >= 4 is 11.5 Å². The average molecular weight is 377 g/mol. The summed E-state index contributed by atoms with van der Waals surface area (Å²) >= 11 is 0. The number of aliphatic hydroxyl groups excluding tert-OH is 1. The number of ketones is 1. The van der Waals surface area contributed by atoms with Gasteiger partial charge in [-0.15, -0.1) is 0 Å². The Morgan fingerprint density at radius 1 is 1.19 bits per heavy atom. The third kappa shape index (κ3) is 2.96. The fourth-order valence-corrected chi connectivity index (χ4v) is 7.55. The molecule has 4 aliphatic carbocycles. The lowest BCUT2D eigenvalue weighted by Gasteiger charge is -2.61. The van der Waals surface area contributed by atoms with Crippen molar-refractivity contribution in [2.24, 2.45) is 51.3 Å². The number of oxime groups is 1. The van der Waals surface area contributed by atoms with Gasteiger partial charge in [0.15, 0.2) is 0 Å². The summed E-state index contributed by atoms with van der Waals surface area (Å²) in [6.45, 7) is 5.89. The molecule has 0 radical (unpaired) electrons. The first-order chi connectivity index (χ1) is 12.9. The van der Waals surface area contributed by atoms with Crippen molar-refractivity contribution in [3.8, 4) is 0 Å². The van der Waals surface area contributed by atoms with Gasteiger partial charge in [-0.2, -0.15) is 0 Å². The number of carbonyl (C=O) groups excluding carboxylic acids is 1. The maximum absolute atomic E-state index is 12.6. The van der Waals surface area contributed by atoms with Crippen molar-refractivity contribution in [2.75, 3.05) is 19.8 Å². The molecular weight excluding hydrogens is 340 g/mol. The van der Waals surface area contributed by atoms with Crippen molar-refractivity contribution in [3.63, 3.8) is 0 Å². The predicted molar refractivity (Wildman–Crippen MR) is 105 cm³/mol. The highest BCUT2D eigenvalue weighted by atomic mass is 16.6. The lowest BCUT2D eigenvalue weighted by molar-refractivity contribution is -0.145. The minimum absolute atomic E-state index is 0.0955. The van der Waals surface area contributed by atoms with E-state index < -0.39 is 0 Å². The SMILES string of the molecule is C[C@]12CCC(=NOCCN)CC1[C@H](CO)C[C@@H]1[C@@H]2CC[C@]2(C)C(=O)CC[C@@H]12. The molecule has 4 aliphatic rings. The molecule has 27 heavy (non-hydrogen) atoms. The third-order valence-corrected chi connectivity index (χ3v) is 9.03. The van der Waals surface area contributed by atoms with E-state index in [9.17, 15) is 9.90 Å². The highest BCUT2D eigenvalue weighted by Crippen LogP contribution is 2.66. The van der Waals surface area contributed by atoms with E-state index in [0.29, 0.717) is 48.5 Å². The standard InChI is InChI=1S/C22H36N2O3/c1-21-7-5-15(24-27-10-9-23)12-19(21)14(13-25)11-16-17-3-4-20(26)22(17,2)8-6-18(16)21/h14,16-19,25H,3-13,23H2,1-2H3/t14-,16-,17-,18-,19?,21+,22-/m0/s1. The van der Waals surface area contributed by atoms with E-state index in [1.54, 1.807) is 0 Å². The molecule has 0 amide bonds. The minimum Gasteiger partial charge on any atom is -0.396 e. The summed E-state index contributed by atoms with van der Waals surface area (Å²) in [6, 6.07) is 0. The molecule has 152 valence electrons. The molecule has 0 heterocycles. The highest BCUT2D eigenvalue weighted by Gasteiger charge is 2.61. The van der Waals surface area contributed by atoms with Gasteiger partial charge in [-0.3, -0.25) is 4.79 Å². The Morgan fingerprint density at radius 2 is 2.00 bits per heavy atom. The lowest BCUT2D eigenvalue weighted by atomic mass is 9.43. The third-order valence-electron chi connectivity index (χ3n) is 9.03. The van der Waals surface area contributed by atoms with Crippen molar-refractivity contribution in [1.82, 2.24) is 0 Å². The second kappa shape index (κ2) is 7.14. The highest BCUT2D eigenvalue weighted by molar-refractivity contribution is 5.87. The maximum Gasteiger partial charge on any atom is 0.139 e. The second-order valence-electron chi connectivity index (χ2n) is 10.1. The van der Waals surface area contributed by atoms with E-state index in [0.717, 1.165) is 50.7 Å². The smallest absolute Gasteiger partial charge is 0.139 e. The van der Waals surface area contributed by atoms with Gasteiger partial charge in [-0.25, -0.2) is 0 Å². The zero-order valence-corrected chi connectivity index (χ0v) is 17.0. The van der Waals surface area contributed by atoms with E-state index in [-0.39, 0.29) is 17.4 Å². The summed E-state index contributed by atoms with van der Waals surface area (Å²) in [5.41, 5.74) is 6.79. The summed E-state index contributed by atoms with van der Waals surface area (Å²) in [5, 5.41) is 14.6. The molecule has 0 saturated heterocycles. The van der Waals surface area contributed by atoms with Gasteiger partial charge in [0, 0.05) is 25.0 Å². The summed E-state index contributed by atoms with van der Waals surface area (Å²) in [4.78, 5) is 18.0. The Bertz CT molecular complexity index is 621. The van der Waals surface area contributed by atoms with Crippen molar-refractivity contribution in [3.05, 3.63) is 0 Å². The summed E-state index contributed by atoms with van der Waals surface area (Å²) < 4.78 is 0. The van der Waals surface area contributed by atoms with Crippen LogP contribution in [0.5, 0.6) is 0 Å². The van der Waals surface area contributed by atoms with E-state index in [4.69, 9.17) is 10.6 Å². The van der Waals surface area contributed by atoms with Crippen molar-refractivity contribution in [2.45, 2.75) is 65.2 Å². The fraction of sp³-hybridized carbons (Fsp3) is 0.909. The van der Waals surface area contributed by atoms with E-state index in [1.165, 1.54) is 6.42 Å². The van der Waals surface area contributed by atoms with Crippen LogP contribution in [0, 0.1) is 40.4 Å². The molecule has 3 N–H and O–H groups in total. The van der Waals surface area contributed by atoms with Crippen LogP contribution in [0.25, 0.3) is 0 Å². The number of nitrogens with two attached hydrogens (primary N) is 1. The number of fused-ring (bicyclic) bond motifs is 5. The van der Waals surface area contributed by atoms with Gasteiger partial charge in [-0.05, 0) is 80.0 Å². The van der Waals surface area contributed by atoms with E-state index >= 15 is 0 Å². The molecule has 4 saturated carbocycles. The van der Waals surface area contributed by atoms with Crippen LogP contribution in [-0.2, 0) is 9.63 Å². The monoisotopic (exact) mass is 376 g/mol. The summed E-state index contributed by atoms with van der Waals surface area (Å²) in [7, 11) is 0. The largest absolute Gasteiger partial charge is 0.396 e. The molecule has 7 atom stereocenters. The number of Topliss-reactive ketones (excluding diaryl/α,β-unsaturated/α-hetero) is 1. The number of hydrogen-bond acceptors (Lipinski definition) is 5. The van der Waals surface area contributed by atoms with Crippen LogP contribution >= 0.6 is 0 Å². The molecule has 4 rings (SSSR count). The molecule has 4 fully saturated rings. The summed E-state index contributed by atoms with van der Waals surface area (Å²) in [6.07, 6.45) is 8.19. The molecule has 0 spiro atoms. The van der Waals surface area contributed by atoms with Crippen LogP contribution in [0.15, 0.2) is 5.16 Å². The van der Waals surface area contributed by atoms with Crippen LogP contribution < -0.4 is 5.73 Å². The summed E-state index contributed by atoms with van der Waals surface area (Å²) in [5.74, 6) is 3.09. The van der Waals surface area contributed by atoms with Crippen LogP contribution in [0.4, 0.5) is 0 Å². The van der Waals surface area contributed by atoms with Crippen molar-refractivity contribution < 1.29 is 14.7 Å². The molecule has 5 nitrogen and oxygen atoms in total. The Balaban J connectivity index is 1.59. The normalized spacial score (nSPS) is 48.1.